The van der Waals surface area contributed by atoms with Crippen LogP contribution in [0.5, 0.6) is 0 Å². The highest BCUT2D eigenvalue weighted by atomic mass is 16.2. The maximum atomic E-state index is 13.1. The minimum Gasteiger partial charge on any atom is -0.350 e. The van der Waals surface area contributed by atoms with Crippen molar-refractivity contribution in [3.05, 3.63) is 60.3 Å². The summed E-state index contributed by atoms with van der Waals surface area (Å²) >= 11 is 0. The van der Waals surface area contributed by atoms with Gasteiger partial charge in [0.1, 0.15) is 6.33 Å². The molecule has 0 radical (unpaired) electrons. The van der Waals surface area contributed by atoms with E-state index in [4.69, 9.17) is 0 Å². The normalized spacial score (nSPS) is 18.0. The minimum atomic E-state index is 0.116. The van der Waals surface area contributed by atoms with Crippen molar-refractivity contribution in [3.8, 4) is 0 Å². The van der Waals surface area contributed by atoms with E-state index in [1.807, 2.05) is 53.0 Å². The molecule has 24 heavy (non-hydrogen) atoms. The van der Waals surface area contributed by atoms with Crippen molar-refractivity contribution >= 4 is 16.8 Å². The average Bonchev–Trinajstić information content (AvgIpc) is 2.99. The van der Waals surface area contributed by atoms with E-state index in [9.17, 15) is 4.79 Å². The molecule has 1 aliphatic rings. The summed E-state index contributed by atoms with van der Waals surface area (Å²) in [5.74, 6) is 0.409. The molecule has 4 rings (SSSR count). The molecule has 5 nitrogen and oxygen atoms in total. The van der Waals surface area contributed by atoms with Crippen molar-refractivity contribution in [3.63, 3.8) is 0 Å². The molecule has 0 spiro atoms. The third-order valence-electron chi connectivity index (χ3n) is 4.86. The van der Waals surface area contributed by atoms with Crippen LogP contribution >= 0.6 is 0 Å². The molecule has 0 bridgehead atoms. The highest BCUT2D eigenvalue weighted by Crippen LogP contribution is 2.28. The van der Waals surface area contributed by atoms with Gasteiger partial charge in [-0.15, -0.1) is 0 Å². The standard InChI is InChI=1S/C19H20N4O/c1-22-12-16(15-6-2-3-7-18(15)22)19(24)23-10-4-5-14(11-23)17-8-9-20-13-21-17/h2-3,6-9,12-14H,4-5,10-11H2,1H3/t14-/m1/s1. The minimum absolute atomic E-state index is 0.116. The fourth-order valence-corrected chi connectivity index (χ4v) is 3.63. The van der Waals surface area contributed by atoms with Gasteiger partial charge in [-0.3, -0.25) is 4.79 Å². The second kappa shape index (κ2) is 6.07. The first-order valence-corrected chi connectivity index (χ1v) is 8.33. The average molecular weight is 320 g/mol. The largest absolute Gasteiger partial charge is 0.350 e. The third kappa shape index (κ3) is 2.56. The predicted molar refractivity (Wildman–Crippen MR) is 92.8 cm³/mol. The summed E-state index contributed by atoms with van der Waals surface area (Å²) in [6.45, 7) is 1.53. The van der Waals surface area contributed by atoms with Crippen molar-refractivity contribution in [2.75, 3.05) is 13.1 Å². The molecule has 1 saturated heterocycles. The summed E-state index contributed by atoms with van der Waals surface area (Å²) < 4.78 is 2.02. The van der Waals surface area contributed by atoms with Gasteiger partial charge in [-0.25, -0.2) is 9.97 Å². The highest BCUT2D eigenvalue weighted by Gasteiger charge is 2.27. The third-order valence-corrected chi connectivity index (χ3v) is 4.86. The van der Waals surface area contributed by atoms with E-state index in [-0.39, 0.29) is 5.91 Å². The lowest BCUT2D eigenvalue weighted by Crippen LogP contribution is -2.39. The Kier molecular flexibility index (Phi) is 3.76. The van der Waals surface area contributed by atoms with E-state index < -0.39 is 0 Å². The number of nitrogens with zero attached hydrogens (tertiary/aromatic N) is 4. The van der Waals surface area contributed by atoms with E-state index in [1.165, 1.54) is 0 Å². The lowest BCUT2D eigenvalue weighted by molar-refractivity contribution is 0.0707. The van der Waals surface area contributed by atoms with Gasteiger partial charge in [0.15, 0.2) is 0 Å². The van der Waals surface area contributed by atoms with Crippen LogP contribution in [-0.2, 0) is 7.05 Å². The van der Waals surface area contributed by atoms with Gasteiger partial charge in [0.2, 0.25) is 0 Å². The molecular weight excluding hydrogens is 300 g/mol. The number of piperidine rings is 1. The van der Waals surface area contributed by atoms with Gasteiger partial charge in [0, 0.05) is 55.0 Å². The van der Waals surface area contributed by atoms with Crippen LogP contribution in [0.15, 0.2) is 49.1 Å². The van der Waals surface area contributed by atoms with Crippen molar-refractivity contribution in [1.82, 2.24) is 19.4 Å². The predicted octanol–water partition coefficient (Wildman–Crippen LogP) is 2.99. The molecule has 1 aliphatic heterocycles. The Morgan fingerprint density at radius 3 is 2.96 bits per heavy atom. The Morgan fingerprint density at radius 2 is 2.12 bits per heavy atom. The first-order chi connectivity index (χ1) is 11.7. The molecule has 5 heteroatoms. The number of carbonyl (C=O) groups is 1. The quantitative estimate of drug-likeness (QED) is 0.729. The van der Waals surface area contributed by atoms with E-state index in [1.54, 1.807) is 12.5 Å². The molecule has 0 N–H and O–H groups in total. The van der Waals surface area contributed by atoms with Gasteiger partial charge < -0.3 is 9.47 Å². The molecule has 1 amide bonds. The summed E-state index contributed by atoms with van der Waals surface area (Å²) in [7, 11) is 1.99. The number of rotatable bonds is 2. The number of amides is 1. The highest BCUT2D eigenvalue weighted by molar-refractivity contribution is 6.07. The number of likely N-dealkylation sites (tertiary alicyclic amines) is 1. The molecule has 0 saturated carbocycles. The Bertz CT molecular complexity index is 871. The fraction of sp³-hybridized carbons (Fsp3) is 0.316. The van der Waals surface area contributed by atoms with Crippen LogP contribution in [0.4, 0.5) is 0 Å². The fourth-order valence-electron chi connectivity index (χ4n) is 3.63. The zero-order chi connectivity index (χ0) is 16.5. The first-order valence-electron chi connectivity index (χ1n) is 8.33. The number of carbonyl (C=O) groups excluding carboxylic acids is 1. The number of benzene rings is 1. The second-order valence-electron chi connectivity index (χ2n) is 6.40. The van der Waals surface area contributed by atoms with Crippen LogP contribution in [0.25, 0.3) is 10.9 Å². The number of para-hydroxylation sites is 1. The maximum absolute atomic E-state index is 13.1. The van der Waals surface area contributed by atoms with Crippen molar-refractivity contribution in [2.24, 2.45) is 7.05 Å². The van der Waals surface area contributed by atoms with Crippen LogP contribution in [0, 0.1) is 0 Å². The van der Waals surface area contributed by atoms with Gasteiger partial charge in [-0.05, 0) is 25.0 Å². The van der Waals surface area contributed by atoms with Gasteiger partial charge in [0.05, 0.1) is 5.56 Å². The molecule has 0 aliphatic carbocycles. The lowest BCUT2D eigenvalue weighted by atomic mass is 9.94. The lowest BCUT2D eigenvalue weighted by Gasteiger charge is -2.32. The summed E-state index contributed by atoms with van der Waals surface area (Å²) in [6, 6.07) is 10.0. The van der Waals surface area contributed by atoms with Crippen LogP contribution in [0.2, 0.25) is 0 Å². The Morgan fingerprint density at radius 1 is 1.25 bits per heavy atom. The van der Waals surface area contributed by atoms with Gasteiger partial charge >= 0.3 is 0 Å². The number of hydrogen-bond donors (Lipinski definition) is 0. The van der Waals surface area contributed by atoms with Gasteiger partial charge in [0.25, 0.3) is 5.91 Å². The summed E-state index contributed by atoms with van der Waals surface area (Å²) in [6.07, 6.45) is 7.37. The zero-order valence-electron chi connectivity index (χ0n) is 13.7. The summed E-state index contributed by atoms with van der Waals surface area (Å²) in [5.41, 5.74) is 2.90. The smallest absolute Gasteiger partial charge is 0.256 e. The first kappa shape index (κ1) is 14.9. The SMILES string of the molecule is Cn1cc(C(=O)N2CCC[C@@H](c3ccncn3)C2)c2ccccc21. The molecule has 1 fully saturated rings. The van der Waals surface area contributed by atoms with Gasteiger partial charge in [-0.2, -0.15) is 0 Å². The topological polar surface area (TPSA) is 51.0 Å². The monoisotopic (exact) mass is 320 g/mol. The zero-order valence-corrected chi connectivity index (χ0v) is 13.7. The van der Waals surface area contributed by atoms with Gasteiger partial charge in [-0.1, -0.05) is 18.2 Å². The Labute approximate surface area is 140 Å². The number of fused-ring (bicyclic) bond motifs is 1. The molecule has 2 aromatic heterocycles. The van der Waals surface area contributed by atoms with E-state index in [0.717, 1.165) is 48.1 Å². The van der Waals surface area contributed by atoms with Crippen molar-refractivity contribution in [2.45, 2.75) is 18.8 Å². The molecule has 3 heterocycles. The van der Waals surface area contributed by atoms with E-state index >= 15 is 0 Å². The molecule has 3 aromatic rings. The van der Waals surface area contributed by atoms with Crippen molar-refractivity contribution in [1.29, 1.82) is 0 Å². The second-order valence-corrected chi connectivity index (χ2v) is 6.40. The summed E-state index contributed by atoms with van der Waals surface area (Å²) in [4.78, 5) is 23.4. The molecule has 1 atom stereocenters. The summed E-state index contributed by atoms with van der Waals surface area (Å²) in [5, 5.41) is 1.02. The van der Waals surface area contributed by atoms with Crippen LogP contribution in [0.1, 0.15) is 34.8 Å². The number of hydrogen-bond acceptors (Lipinski definition) is 3. The Hall–Kier alpha value is -2.69. The van der Waals surface area contributed by atoms with Crippen LogP contribution in [0.3, 0.4) is 0 Å². The van der Waals surface area contributed by atoms with E-state index in [0.29, 0.717) is 5.92 Å². The van der Waals surface area contributed by atoms with Crippen LogP contribution < -0.4 is 0 Å². The molecule has 1 aromatic carbocycles. The molecule has 0 unspecified atom stereocenters. The van der Waals surface area contributed by atoms with Crippen molar-refractivity contribution < 1.29 is 4.79 Å². The molecular formula is C19H20N4O. The van der Waals surface area contributed by atoms with E-state index in [2.05, 4.69) is 9.97 Å². The molecule has 122 valence electrons. The Balaban J connectivity index is 1.62. The maximum Gasteiger partial charge on any atom is 0.256 e. The number of aromatic nitrogens is 3. The van der Waals surface area contributed by atoms with Crippen LogP contribution in [-0.4, -0.2) is 38.4 Å². The number of aryl methyl sites for hydroxylation is 1.